The van der Waals surface area contributed by atoms with Gasteiger partial charge >= 0.3 is 0 Å². The van der Waals surface area contributed by atoms with E-state index < -0.39 is 6.17 Å². The molecule has 4 aromatic rings. The van der Waals surface area contributed by atoms with E-state index in [1.807, 2.05) is 79.7 Å². The standard InChI is InChI=1S/C24H20N4O2/c1-2-30-17-13-11-16(12-14-17)28-23(27-19-8-4-3-7-18(19)24(28)29)22-15-25-20-9-5-6-10-21(20)26-22/h3-15,23,27H,2H2,1H3. The van der Waals surface area contributed by atoms with Crippen molar-refractivity contribution < 1.29 is 9.53 Å². The summed E-state index contributed by atoms with van der Waals surface area (Å²) in [5.74, 6) is 0.676. The molecule has 0 spiro atoms. The van der Waals surface area contributed by atoms with Crippen LogP contribution in [-0.4, -0.2) is 22.5 Å². The van der Waals surface area contributed by atoms with Crippen molar-refractivity contribution in [1.82, 2.24) is 9.97 Å². The molecule has 30 heavy (non-hydrogen) atoms. The third-order valence-corrected chi connectivity index (χ3v) is 5.10. The van der Waals surface area contributed by atoms with Crippen LogP contribution < -0.4 is 15.0 Å². The van der Waals surface area contributed by atoms with E-state index in [1.165, 1.54) is 0 Å². The zero-order valence-electron chi connectivity index (χ0n) is 16.4. The number of rotatable bonds is 4. The van der Waals surface area contributed by atoms with Crippen LogP contribution >= 0.6 is 0 Å². The van der Waals surface area contributed by atoms with E-state index in [0.717, 1.165) is 28.2 Å². The fourth-order valence-electron chi connectivity index (χ4n) is 3.70. The van der Waals surface area contributed by atoms with Gasteiger partial charge in [0.15, 0.2) is 6.17 Å². The Morgan fingerprint density at radius 1 is 0.967 bits per heavy atom. The molecule has 5 rings (SSSR count). The predicted molar refractivity (Wildman–Crippen MR) is 117 cm³/mol. The molecule has 1 aromatic heterocycles. The van der Waals surface area contributed by atoms with Crippen molar-refractivity contribution in [3.63, 3.8) is 0 Å². The van der Waals surface area contributed by atoms with Crippen LogP contribution in [0.2, 0.25) is 0 Å². The maximum Gasteiger partial charge on any atom is 0.262 e. The van der Waals surface area contributed by atoms with E-state index in [4.69, 9.17) is 9.72 Å². The van der Waals surface area contributed by atoms with Gasteiger partial charge in [-0.15, -0.1) is 0 Å². The Balaban J connectivity index is 1.62. The predicted octanol–water partition coefficient (Wildman–Crippen LogP) is 4.80. The minimum Gasteiger partial charge on any atom is -0.494 e. The molecule has 2 heterocycles. The summed E-state index contributed by atoms with van der Waals surface area (Å²) in [7, 11) is 0. The van der Waals surface area contributed by atoms with Gasteiger partial charge in [0.05, 0.1) is 29.4 Å². The van der Waals surface area contributed by atoms with Gasteiger partial charge in [0.1, 0.15) is 11.4 Å². The van der Waals surface area contributed by atoms with Gasteiger partial charge in [0.25, 0.3) is 5.91 Å². The lowest BCUT2D eigenvalue weighted by Gasteiger charge is -2.37. The van der Waals surface area contributed by atoms with Gasteiger partial charge in [-0.1, -0.05) is 24.3 Å². The Morgan fingerprint density at radius 2 is 1.70 bits per heavy atom. The van der Waals surface area contributed by atoms with Crippen molar-refractivity contribution in [2.24, 2.45) is 0 Å². The summed E-state index contributed by atoms with van der Waals surface area (Å²) in [5, 5.41) is 3.47. The maximum atomic E-state index is 13.5. The monoisotopic (exact) mass is 396 g/mol. The molecule has 0 saturated carbocycles. The van der Waals surface area contributed by atoms with Crippen LogP contribution in [0, 0.1) is 0 Å². The summed E-state index contributed by atoms with van der Waals surface area (Å²) in [5.41, 5.74) is 4.43. The van der Waals surface area contributed by atoms with E-state index in [2.05, 4.69) is 10.3 Å². The zero-order chi connectivity index (χ0) is 20.5. The molecule has 148 valence electrons. The van der Waals surface area contributed by atoms with Crippen LogP contribution in [0.1, 0.15) is 29.1 Å². The minimum absolute atomic E-state index is 0.0894. The average molecular weight is 396 g/mol. The Morgan fingerprint density at radius 3 is 2.50 bits per heavy atom. The Kier molecular flexibility index (Phi) is 4.52. The maximum absolute atomic E-state index is 13.5. The van der Waals surface area contributed by atoms with Gasteiger partial charge in [0, 0.05) is 11.4 Å². The molecule has 0 bridgehead atoms. The number of nitrogens with one attached hydrogen (secondary N) is 1. The molecule has 1 N–H and O–H groups in total. The van der Waals surface area contributed by atoms with Crippen molar-refractivity contribution in [2.75, 3.05) is 16.8 Å². The lowest BCUT2D eigenvalue weighted by atomic mass is 10.0. The van der Waals surface area contributed by atoms with Gasteiger partial charge in [-0.3, -0.25) is 14.7 Å². The molecular formula is C24H20N4O2. The molecular weight excluding hydrogens is 376 g/mol. The highest BCUT2D eigenvalue weighted by molar-refractivity contribution is 6.12. The summed E-state index contributed by atoms with van der Waals surface area (Å²) >= 11 is 0. The molecule has 1 aliphatic rings. The van der Waals surface area contributed by atoms with Crippen LogP contribution in [-0.2, 0) is 0 Å². The first-order valence-corrected chi connectivity index (χ1v) is 9.88. The molecule has 6 nitrogen and oxygen atoms in total. The number of benzene rings is 3. The van der Waals surface area contributed by atoms with Crippen molar-refractivity contribution >= 4 is 28.3 Å². The topological polar surface area (TPSA) is 67.3 Å². The molecule has 1 unspecified atom stereocenters. The number of anilines is 2. The highest BCUT2D eigenvalue weighted by atomic mass is 16.5. The van der Waals surface area contributed by atoms with Gasteiger partial charge in [-0.25, -0.2) is 4.98 Å². The van der Waals surface area contributed by atoms with E-state index in [-0.39, 0.29) is 5.91 Å². The van der Waals surface area contributed by atoms with E-state index in [9.17, 15) is 4.79 Å². The normalized spacial score (nSPS) is 15.6. The smallest absolute Gasteiger partial charge is 0.262 e. The number of hydrogen-bond donors (Lipinski definition) is 1. The van der Waals surface area contributed by atoms with E-state index in [0.29, 0.717) is 17.9 Å². The number of nitrogens with zero attached hydrogens (tertiary/aromatic N) is 3. The number of carbonyl (C=O) groups excluding carboxylic acids is 1. The molecule has 1 amide bonds. The van der Waals surface area contributed by atoms with Gasteiger partial charge < -0.3 is 10.1 Å². The Hall–Kier alpha value is -3.93. The lowest BCUT2D eigenvalue weighted by molar-refractivity contribution is 0.0974. The summed E-state index contributed by atoms with van der Waals surface area (Å²) in [4.78, 5) is 24.5. The number of ether oxygens (including phenoxy) is 1. The summed E-state index contributed by atoms with van der Waals surface area (Å²) in [6, 6.07) is 22.7. The molecule has 6 heteroatoms. The van der Waals surface area contributed by atoms with Crippen molar-refractivity contribution in [3.05, 3.63) is 90.3 Å². The third kappa shape index (κ3) is 3.12. The summed E-state index contributed by atoms with van der Waals surface area (Å²) in [6.45, 7) is 2.53. The summed E-state index contributed by atoms with van der Waals surface area (Å²) < 4.78 is 5.55. The van der Waals surface area contributed by atoms with Gasteiger partial charge in [0.2, 0.25) is 0 Å². The van der Waals surface area contributed by atoms with E-state index >= 15 is 0 Å². The molecule has 0 saturated heterocycles. The fraction of sp³-hybridized carbons (Fsp3) is 0.125. The van der Waals surface area contributed by atoms with E-state index in [1.54, 1.807) is 11.1 Å². The number of amides is 1. The highest BCUT2D eigenvalue weighted by Gasteiger charge is 2.35. The quantitative estimate of drug-likeness (QED) is 0.537. The largest absolute Gasteiger partial charge is 0.494 e. The lowest BCUT2D eigenvalue weighted by Crippen LogP contribution is -2.43. The van der Waals surface area contributed by atoms with Gasteiger partial charge in [-0.05, 0) is 55.5 Å². The molecule has 0 fully saturated rings. The summed E-state index contributed by atoms with van der Waals surface area (Å²) in [6.07, 6.45) is 1.24. The first kappa shape index (κ1) is 18.1. The van der Waals surface area contributed by atoms with Gasteiger partial charge in [-0.2, -0.15) is 0 Å². The second-order valence-electron chi connectivity index (χ2n) is 6.98. The van der Waals surface area contributed by atoms with Crippen LogP contribution in [0.25, 0.3) is 11.0 Å². The van der Waals surface area contributed by atoms with Crippen LogP contribution in [0.4, 0.5) is 11.4 Å². The van der Waals surface area contributed by atoms with Crippen molar-refractivity contribution in [1.29, 1.82) is 0 Å². The Bertz CT molecular complexity index is 1220. The van der Waals surface area contributed by atoms with Crippen LogP contribution in [0.15, 0.2) is 79.0 Å². The average Bonchev–Trinajstić information content (AvgIpc) is 2.80. The number of fused-ring (bicyclic) bond motifs is 2. The van der Waals surface area contributed by atoms with Crippen molar-refractivity contribution in [2.45, 2.75) is 13.1 Å². The van der Waals surface area contributed by atoms with Crippen molar-refractivity contribution in [3.8, 4) is 5.75 Å². The molecule has 1 aliphatic heterocycles. The molecule has 3 aromatic carbocycles. The first-order valence-electron chi connectivity index (χ1n) is 9.88. The minimum atomic E-state index is -0.484. The van der Waals surface area contributed by atoms with Crippen LogP contribution in [0.5, 0.6) is 5.75 Å². The number of hydrogen-bond acceptors (Lipinski definition) is 5. The molecule has 1 atom stereocenters. The Labute approximate surface area is 174 Å². The SMILES string of the molecule is CCOc1ccc(N2C(=O)c3ccccc3NC2c2cnc3ccccc3n2)cc1. The number of para-hydroxylation sites is 3. The highest BCUT2D eigenvalue weighted by Crippen LogP contribution is 2.36. The first-order chi connectivity index (χ1) is 14.7. The third-order valence-electron chi connectivity index (χ3n) is 5.10. The fourth-order valence-corrected chi connectivity index (χ4v) is 3.70. The number of carbonyl (C=O) groups is 1. The van der Waals surface area contributed by atoms with Crippen LogP contribution in [0.3, 0.4) is 0 Å². The molecule has 0 radical (unpaired) electrons. The second-order valence-corrected chi connectivity index (χ2v) is 6.98. The molecule has 0 aliphatic carbocycles. The second kappa shape index (κ2) is 7.48. The number of aromatic nitrogens is 2. The zero-order valence-corrected chi connectivity index (χ0v) is 16.4.